The van der Waals surface area contributed by atoms with Gasteiger partial charge in [0.05, 0.1) is 12.2 Å². The quantitative estimate of drug-likeness (QED) is 0.845. The Labute approximate surface area is 153 Å². The van der Waals surface area contributed by atoms with Gasteiger partial charge in [-0.25, -0.2) is 0 Å². The Balaban J connectivity index is 1.51. The number of rotatable bonds is 3. The average molecular weight is 355 g/mol. The lowest BCUT2D eigenvalue weighted by atomic mass is 10.2. The van der Waals surface area contributed by atoms with Crippen LogP contribution in [-0.4, -0.2) is 55.6 Å². The molecule has 7 heteroatoms. The maximum Gasteiger partial charge on any atom is 0.274 e. The fourth-order valence-electron chi connectivity index (χ4n) is 3.83. The highest BCUT2D eigenvalue weighted by Gasteiger charge is 2.27. The summed E-state index contributed by atoms with van der Waals surface area (Å²) in [6.45, 7) is 5.52. The van der Waals surface area contributed by atoms with E-state index in [-0.39, 0.29) is 17.9 Å². The number of hydrogen-bond acceptors (Lipinski definition) is 3. The first-order valence-electron chi connectivity index (χ1n) is 9.41. The minimum absolute atomic E-state index is 0.0154. The van der Waals surface area contributed by atoms with Crippen LogP contribution in [0.1, 0.15) is 48.4 Å². The van der Waals surface area contributed by atoms with Crippen LogP contribution in [0.25, 0.3) is 0 Å². The van der Waals surface area contributed by atoms with Crippen molar-refractivity contribution in [3.05, 3.63) is 42.0 Å². The second-order valence-corrected chi connectivity index (χ2v) is 7.16. The molecule has 0 saturated carbocycles. The molecule has 0 N–H and O–H groups in total. The number of likely N-dealkylation sites (tertiary alicyclic amines) is 1. The van der Waals surface area contributed by atoms with Gasteiger partial charge >= 0.3 is 0 Å². The molecule has 2 aliphatic heterocycles. The van der Waals surface area contributed by atoms with Gasteiger partial charge in [0.2, 0.25) is 5.91 Å². The Morgan fingerprint density at radius 3 is 2.42 bits per heavy atom. The number of carbonyl (C=O) groups excluding carboxylic acids is 2. The first-order chi connectivity index (χ1) is 12.6. The highest BCUT2D eigenvalue weighted by atomic mass is 16.2. The Hall–Kier alpha value is -2.57. The molecule has 2 aromatic rings. The van der Waals surface area contributed by atoms with Crippen molar-refractivity contribution in [3.63, 3.8) is 0 Å². The fourth-order valence-corrected chi connectivity index (χ4v) is 3.83. The summed E-state index contributed by atoms with van der Waals surface area (Å²) in [5, 5.41) is 4.53. The van der Waals surface area contributed by atoms with E-state index < -0.39 is 0 Å². The molecule has 2 amide bonds. The zero-order valence-electron chi connectivity index (χ0n) is 15.2. The van der Waals surface area contributed by atoms with Crippen molar-refractivity contribution in [2.75, 3.05) is 19.6 Å². The van der Waals surface area contributed by atoms with Gasteiger partial charge in [0.15, 0.2) is 5.69 Å². The van der Waals surface area contributed by atoms with Crippen LogP contribution in [0.5, 0.6) is 0 Å². The lowest BCUT2D eigenvalue weighted by Crippen LogP contribution is -2.35. The topological polar surface area (TPSA) is 63.4 Å². The predicted molar refractivity (Wildman–Crippen MR) is 96.5 cm³/mol. The van der Waals surface area contributed by atoms with Crippen LogP contribution in [-0.2, 0) is 17.9 Å². The van der Waals surface area contributed by atoms with Gasteiger partial charge in [-0.3, -0.25) is 14.3 Å². The first-order valence-corrected chi connectivity index (χ1v) is 9.41. The summed E-state index contributed by atoms with van der Waals surface area (Å²) < 4.78 is 3.82. The summed E-state index contributed by atoms with van der Waals surface area (Å²) >= 11 is 0. The molecule has 0 bridgehead atoms. The molecule has 0 aliphatic carbocycles. The Bertz CT molecular complexity index is 789. The van der Waals surface area contributed by atoms with Gasteiger partial charge < -0.3 is 14.4 Å². The number of aryl methyl sites for hydroxylation is 1. The Morgan fingerprint density at radius 2 is 1.69 bits per heavy atom. The lowest BCUT2D eigenvalue weighted by Gasteiger charge is -2.24. The van der Waals surface area contributed by atoms with Crippen LogP contribution in [0.3, 0.4) is 0 Å². The van der Waals surface area contributed by atoms with E-state index in [1.165, 1.54) is 0 Å². The second kappa shape index (κ2) is 6.97. The van der Waals surface area contributed by atoms with Crippen LogP contribution in [0, 0.1) is 0 Å². The van der Waals surface area contributed by atoms with Crippen molar-refractivity contribution in [3.8, 4) is 0 Å². The molecule has 26 heavy (non-hydrogen) atoms. The molecular weight excluding hydrogens is 330 g/mol. The van der Waals surface area contributed by atoms with Gasteiger partial charge in [-0.05, 0) is 44.4 Å². The van der Waals surface area contributed by atoms with E-state index in [9.17, 15) is 9.59 Å². The van der Waals surface area contributed by atoms with Gasteiger partial charge in [0.1, 0.15) is 6.04 Å². The van der Waals surface area contributed by atoms with E-state index >= 15 is 0 Å². The summed E-state index contributed by atoms with van der Waals surface area (Å²) in [7, 11) is 0. The van der Waals surface area contributed by atoms with Crippen LogP contribution in [0.2, 0.25) is 0 Å². The molecule has 4 heterocycles. The minimum Gasteiger partial charge on any atom is -0.342 e. The summed E-state index contributed by atoms with van der Waals surface area (Å²) in [6, 6.07) is 5.49. The van der Waals surface area contributed by atoms with Gasteiger partial charge in [-0.1, -0.05) is 0 Å². The van der Waals surface area contributed by atoms with Crippen LogP contribution in [0.15, 0.2) is 30.6 Å². The number of aromatic nitrogens is 3. The molecule has 1 fully saturated rings. The highest BCUT2D eigenvalue weighted by molar-refractivity contribution is 5.92. The van der Waals surface area contributed by atoms with Gasteiger partial charge in [0, 0.05) is 38.6 Å². The van der Waals surface area contributed by atoms with Gasteiger partial charge in [-0.2, -0.15) is 5.10 Å². The molecule has 138 valence electrons. The largest absolute Gasteiger partial charge is 0.342 e. The van der Waals surface area contributed by atoms with Crippen LogP contribution >= 0.6 is 0 Å². The third-order valence-corrected chi connectivity index (χ3v) is 5.37. The van der Waals surface area contributed by atoms with E-state index in [1.807, 2.05) is 56.6 Å². The van der Waals surface area contributed by atoms with Crippen molar-refractivity contribution in [1.82, 2.24) is 24.1 Å². The smallest absolute Gasteiger partial charge is 0.274 e. The third kappa shape index (κ3) is 3.13. The molecule has 1 saturated heterocycles. The number of fused-ring (bicyclic) bond motifs is 1. The third-order valence-electron chi connectivity index (χ3n) is 5.37. The standard InChI is InChI=1S/C19H25N5O2/c1-15(21-7-2-3-8-21)18(25)23-11-6-12-24-16(14-23)13-17(20-24)19(26)22-9-4-5-10-22/h2-3,7-8,13,15H,4-6,9-12,14H2,1H3/t15-/m0/s1. The van der Waals surface area contributed by atoms with Crippen LogP contribution < -0.4 is 0 Å². The second-order valence-electron chi connectivity index (χ2n) is 7.16. The predicted octanol–water partition coefficient (Wildman–Crippen LogP) is 1.91. The summed E-state index contributed by atoms with van der Waals surface area (Å²) in [6.07, 6.45) is 6.81. The van der Waals surface area contributed by atoms with Gasteiger partial charge in [-0.15, -0.1) is 0 Å². The van der Waals surface area contributed by atoms with Crippen molar-refractivity contribution in [2.45, 2.75) is 45.3 Å². The molecule has 2 aromatic heterocycles. The van der Waals surface area contributed by atoms with E-state index in [0.29, 0.717) is 18.8 Å². The van der Waals surface area contributed by atoms with Crippen molar-refractivity contribution >= 4 is 11.8 Å². The summed E-state index contributed by atoms with van der Waals surface area (Å²) in [5.41, 5.74) is 1.45. The highest BCUT2D eigenvalue weighted by Crippen LogP contribution is 2.20. The van der Waals surface area contributed by atoms with E-state index in [2.05, 4.69) is 5.10 Å². The molecule has 2 aliphatic rings. The van der Waals surface area contributed by atoms with Crippen LogP contribution in [0.4, 0.5) is 0 Å². The molecule has 0 radical (unpaired) electrons. The number of hydrogen-bond donors (Lipinski definition) is 0. The molecule has 0 spiro atoms. The first kappa shape index (κ1) is 16.9. The Kier molecular flexibility index (Phi) is 4.53. The Morgan fingerprint density at radius 1 is 1.00 bits per heavy atom. The number of amides is 2. The average Bonchev–Trinajstić information content (AvgIpc) is 3.40. The molecule has 0 aromatic carbocycles. The summed E-state index contributed by atoms with van der Waals surface area (Å²) in [5.74, 6) is 0.116. The number of carbonyl (C=O) groups is 2. The van der Waals surface area contributed by atoms with Crippen molar-refractivity contribution < 1.29 is 9.59 Å². The maximum absolute atomic E-state index is 12.9. The molecule has 1 atom stereocenters. The normalized spacial score (nSPS) is 18.5. The van der Waals surface area contributed by atoms with E-state index in [0.717, 1.165) is 44.6 Å². The monoisotopic (exact) mass is 355 g/mol. The minimum atomic E-state index is -0.231. The molecular formula is C19H25N5O2. The molecule has 7 nitrogen and oxygen atoms in total. The fraction of sp³-hybridized carbons (Fsp3) is 0.526. The van der Waals surface area contributed by atoms with Crippen molar-refractivity contribution in [1.29, 1.82) is 0 Å². The summed E-state index contributed by atoms with van der Waals surface area (Å²) in [4.78, 5) is 29.3. The van der Waals surface area contributed by atoms with E-state index in [4.69, 9.17) is 0 Å². The van der Waals surface area contributed by atoms with Crippen molar-refractivity contribution in [2.24, 2.45) is 0 Å². The van der Waals surface area contributed by atoms with Gasteiger partial charge in [0.25, 0.3) is 5.91 Å². The lowest BCUT2D eigenvalue weighted by molar-refractivity contribution is -0.134. The molecule has 4 rings (SSSR count). The maximum atomic E-state index is 12.9. The SMILES string of the molecule is C[C@@H](C(=O)N1CCCn2nc(C(=O)N3CCCC3)cc2C1)n1cccc1. The molecule has 0 unspecified atom stereocenters. The zero-order valence-corrected chi connectivity index (χ0v) is 15.2. The number of nitrogens with zero attached hydrogens (tertiary/aromatic N) is 5. The van der Waals surface area contributed by atoms with E-state index in [1.54, 1.807) is 0 Å². The zero-order chi connectivity index (χ0) is 18.1.